The summed E-state index contributed by atoms with van der Waals surface area (Å²) in [6.07, 6.45) is 3.49. The van der Waals surface area contributed by atoms with Crippen molar-refractivity contribution in [1.29, 1.82) is 0 Å². The smallest absolute Gasteiger partial charge is 0.296 e. The number of nitrogens with one attached hydrogen (secondary N) is 1. The zero-order valence-electron chi connectivity index (χ0n) is 15.4. The number of hydrogen-bond donors (Lipinski definition) is 1. The Bertz CT molecular complexity index is 1090. The quantitative estimate of drug-likeness (QED) is 0.326. The number of carbonyl (C=O) groups is 2. The molecule has 6 heteroatoms. The molecule has 0 saturated carbocycles. The lowest BCUT2D eigenvalue weighted by Gasteiger charge is -2.28. The molecule has 2 atom stereocenters. The van der Waals surface area contributed by atoms with Crippen LogP contribution in [-0.2, 0) is 9.59 Å². The number of nitrogens with zero attached hydrogens (tertiary/aromatic N) is 2. The van der Waals surface area contributed by atoms with Crippen molar-refractivity contribution >= 4 is 17.7 Å². The molecule has 1 aliphatic rings. The highest BCUT2D eigenvalue weighted by atomic mass is 16.5. The van der Waals surface area contributed by atoms with Crippen LogP contribution in [0, 0.1) is 0 Å². The van der Waals surface area contributed by atoms with E-state index < -0.39 is 23.8 Å². The number of pyridine rings is 1. The highest BCUT2D eigenvalue weighted by molar-refractivity contribution is 6.14. The Hall–Kier alpha value is -4.02. The van der Waals surface area contributed by atoms with Crippen LogP contribution in [0.25, 0.3) is 5.41 Å². The average Bonchev–Trinajstić information content (AvgIpc) is 2.75. The molecule has 2 unspecified atom stereocenters. The van der Waals surface area contributed by atoms with E-state index in [9.17, 15) is 15.0 Å². The Labute approximate surface area is 167 Å². The van der Waals surface area contributed by atoms with Crippen LogP contribution in [0.1, 0.15) is 17.5 Å². The van der Waals surface area contributed by atoms with Gasteiger partial charge in [-0.3, -0.25) is 20.8 Å². The number of imide groups is 1. The molecule has 29 heavy (non-hydrogen) atoms. The largest absolute Gasteiger partial charge is 0.763 e. The Morgan fingerprint density at radius 1 is 0.862 bits per heavy atom. The summed E-state index contributed by atoms with van der Waals surface area (Å²) >= 11 is 0. The van der Waals surface area contributed by atoms with E-state index in [-0.39, 0.29) is 5.57 Å². The van der Waals surface area contributed by atoms with E-state index in [1.807, 2.05) is 42.3 Å². The zero-order valence-corrected chi connectivity index (χ0v) is 15.4. The molecule has 2 aromatic carbocycles. The Morgan fingerprint density at radius 3 is 2.14 bits per heavy atom. The molecule has 1 aliphatic heterocycles. The van der Waals surface area contributed by atoms with Crippen molar-refractivity contribution in [3.63, 3.8) is 0 Å². The summed E-state index contributed by atoms with van der Waals surface area (Å²) in [4.78, 5) is 24.9. The van der Waals surface area contributed by atoms with Crippen LogP contribution in [0.5, 0.6) is 11.5 Å². The summed E-state index contributed by atoms with van der Waals surface area (Å²) < 4.78 is 7.51. The molecule has 0 aliphatic carbocycles. The second-order valence-electron chi connectivity index (χ2n) is 6.57. The van der Waals surface area contributed by atoms with Crippen LogP contribution >= 0.6 is 0 Å². The Balaban J connectivity index is 1.71. The number of aromatic nitrogens is 1. The van der Waals surface area contributed by atoms with Gasteiger partial charge in [-0.15, -0.1) is 0 Å². The molecule has 1 N–H and O–H groups in total. The minimum absolute atomic E-state index is 0.00248. The van der Waals surface area contributed by atoms with E-state index in [1.165, 1.54) is 0 Å². The number of rotatable bonds is 4. The predicted octanol–water partition coefficient (Wildman–Crippen LogP) is 2.91. The number of hydrogen-bond acceptors (Lipinski definition) is 3. The lowest BCUT2D eigenvalue weighted by atomic mass is 9.81. The maximum atomic E-state index is 12.7. The molecule has 0 bridgehead atoms. The molecule has 2 heterocycles. The molecule has 4 rings (SSSR count). The summed E-state index contributed by atoms with van der Waals surface area (Å²) in [5.74, 6) is 1.51. The van der Waals surface area contributed by atoms with E-state index in [4.69, 9.17) is 4.74 Å². The van der Waals surface area contributed by atoms with Gasteiger partial charge in [0, 0.05) is 12.1 Å². The SMILES string of the molecule is [N-]=C=C1C(=O)NC(=O)C([n+]2ccccc2)C1c1ccc(Oc2ccccc2)cc1. The average molecular weight is 383 g/mol. The fourth-order valence-electron chi connectivity index (χ4n) is 3.45. The van der Waals surface area contributed by atoms with Crippen LogP contribution in [-0.4, -0.2) is 17.7 Å². The van der Waals surface area contributed by atoms with Crippen molar-refractivity contribution in [2.75, 3.05) is 0 Å². The van der Waals surface area contributed by atoms with Gasteiger partial charge >= 0.3 is 0 Å². The molecule has 1 saturated heterocycles. The third-order valence-electron chi connectivity index (χ3n) is 4.78. The van der Waals surface area contributed by atoms with Gasteiger partial charge in [0.25, 0.3) is 11.8 Å². The summed E-state index contributed by atoms with van der Waals surface area (Å²) in [6.45, 7) is 0. The van der Waals surface area contributed by atoms with E-state index in [1.54, 1.807) is 53.4 Å². The number of benzene rings is 2. The van der Waals surface area contributed by atoms with Gasteiger partial charge in [0.15, 0.2) is 12.4 Å². The lowest BCUT2D eigenvalue weighted by Crippen LogP contribution is -2.57. The van der Waals surface area contributed by atoms with Gasteiger partial charge in [-0.25, -0.2) is 0 Å². The van der Waals surface area contributed by atoms with Gasteiger partial charge in [0.2, 0.25) is 6.04 Å². The van der Waals surface area contributed by atoms with Crippen molar-refractivity contribution in [2.24, 2.45) is 0 Å². The van der Waals surface area contributed by atoms with E-state index in [0.717, 1.165) is 0 Å². The first-order chi connectivity index (χ1) is 14.2. The van der Waals surface area contributed by atoms with Crippen molar-refractivity contribution in [1.82, 2.24) is 5.32 Å². The van der Waals surface area contributed by atoms with Gasteiger partial charge in [0.1, 0.15) is 11.5 Å². The number of piperidine rings is 1. The molecule has 0 spiro atoms. The first-order valence-electron chi connectivity index (χ1n) is 9.08. The Morgan fingerprint density at radius 2 is 1.48 bits per heavy atom. The van der Waals surface area contributed by atoms with Crippen molar-refractivity contribution in [3.05, 3.63) is 102 Å². The zero-order chi connectivity index (χ0) is 20.2. The fourth-order valence-corrected chi connectivity index (χ4v) is 3.45. The topological polar surface area (TPSA) is 81.6 Å². The predicted molar refractivity (Wildman–Crippen MR) is 106 cm³/mol. The van der Waals surface area contributed by atoms with Gasteiger partial charge in [0.05, 0.1) is 11.5 Å². The minimum Gasteiger partial charge on any atom is -0.763 e. The van der Waals surface area contributed by atoms with E-state index in [2.05, 4.69) is 5.32 Å². The highest BCUT2D eigenvalue weighted by Gasteiger charge is 2.46. The summed E-state index contributed by atoms with van der Waals surface area (Å²) in [7, 11) is 0. The summed E-state index contributed by atoms with van der Waals surface area (Å²) in [5.41, 5.74) is 0.689. The van der Waals surface area contributed by atoms with Crippen molar-refractivity contribution in [2.45, 2.75) is 12.0 Å². The van der Waals surface area contributed by atoms with Crippen LogP contribution in [0.15, 0.2) is 90.8 Å². The summed E-state index contributed by atoms with van der Waals surface area (Å²) in [6, 6.07) is 21.1. The number of para-hydroxylation sites is 1. The van der Waals surface area contributed by atoms with Crippen LogP contribution in [0.2, 0.25) is 0 Å². The maximum Gasteiger partial charge on any atom is 0.296 e. The van der Waals surface area contributed by atoms with Gasteiger partial charge in [-0.05, 0) is 29.8 Å². The van der Waals surface area contributed by atoms with E-state index in [0.29, 0.717) is 17.1 Å². The third-order valence-corrected chi connectivity index (χ3v) is 4.78. The first-order valence-corrected chi connectivity index (χ1v) is 9.08. The van der Waals surface area contributed by atoms with Gasteiger partial charge in [-0.1, -0.05) is 36.4 Å². The second kappa shape index (κ2) is 7.92. The van der Waals surface area contributed by atoms with Crippen LogP contribution in [0.4, 0.5) is 0 Å². The molecule has 0 radical (unpaired) electrons. The standard InChI is InChI=1S/C23H17N3O3/c24-15-19-20(21(23(28)25-22(19)27)26-13-5-2-6-14-26)16-9-11-18(12-10-16)29-17-7-3-1-4-8-17/h1-14,20-21H,(H,25,27,28). The minimum atomic E-state index is -0.746. The molecule has 3 aromatic rings. The highest BCUT2D eigenvalue weighted by Crippen LogP contribution is 2.35. The third kappa shape index (κ3) is 3.70. The number of ether oxygens (including phenoxy) is 1. The fraction of sp³-hybridized carbons (Fsp3) is 0.0870. The molecule has 2 amide bonds. The molecular weight excluding hydrogens is 366 g/mol. The number of carbonyl (C=O) groups excluding carboxylic acids is 2. The molecule has 6 nitrogen and oxygen atoms in total. The summed E-state index contributed by atoms with van der Waals surface area (Å²) in [5, 5.41) is 11.9. The van der Waals surface area contributed by atoms with Gasteiger partial charge < -0.3 is 10.1 Å². The number of amides is 2. The maximum absolute atomic E-state index is 12.7. The van der Waals surface area contributed by atoms with Crippen molar-refractivity contribution in [3.8, 4) is 11.5 Å². The van der Waals surface area contributed by atoms with Crippen molar-refractivity contribution < 1.29 is 18.9 Å². The molecular formula is C23H17N3O3. The van der Waals surface area contributed by atoms with Crippen LogP contribution < -0.4 is 14.6 Å². The van der Waals surface area contributed by atoms with Crippen LogP contribution in [0.3, 0.4) is 0 Å². The molecule has 1 fully saturated rings. The van der Waals surface area contributed by atoms with E-state index >= 15 is 0 Å². The normalized spacial score (nSPS) is 18.7. The lowest BCUT2D eigenvalue weighted by molar-refractivity contribution is -0.711. The first kappa shape index (κ1) is 18.3. The second-order valence-corrected chi connectivity index (χ2v) is 6.57. The monoisotopic (exact) mass is 383 g/mol. The Kier molecular flexibility index (Phi) is 5.01. The molecule has 1 aromatic heterocycles. The molecule has 142 valence electrons. The van der Waals surface area contributed by atoms with Gasteiger partial charge in [-0.2, -0.15) is 4.57 Å².